The van der Waals surface area contributed by atoms with Crippen molar-refractivity contribution < 1.29 is 4.52 Å². The molecule has 2 heterocycles. The highest BCUT2D eigenvalue weighted by Gasteiger charge is 2.14. The van der Waals surface area contributed by atoms with E-state index in [-0.39, 0.29) is 0 Å². The molecule has 0 aliphatic carbocycles. The van der Waals surface area contributed by atoms with Crippen LogP contribution in [-0.2, 0) is 18.7 Å². The largest absolute Gasteiger partial charge is 0.338 e. The Labute approximate surface area is 130 Å². The molecule has 0 unspecified atom stereocenters. The fourth-order valence-electron chi connectivity index (χ4n) is 2.11. The lowest BCUT2D eigenvalue weighted by Gasteiger charge is -2.11. The highest BCUT2D eigenvalue weighted by Crippen LogP contribution is 2.25. The van der Waals surface area contributed by atoms with Gasteiger partial charge in [0, 0.05) is 18.7 Å². The molecule has 6 heteroatoms. The molecule has 0 fully saturated rings. The SMILES string of the molecule is CCCc1noc(CSc2nc(C)c(C)n2CC(C)C)n1. The van der Waals surface area contributed by atoms with Crippen LogP contribution in [0.1, 0.15) is 50.3 Å². The number of aryl methyl sites for hydroxylation is 2. The molecular formula is C15H24N4OS. The minimum Gasteiger partial charge on any atom is -0.338 e. The van der Waals surface area contributed by atoms with Crippen molar-refractivity contribution in [1.82, 2.24) is 19.7 Å². The van der Waals surface area contributed by atoms with E-state index in [9.17, 15) is 0 Å². The van der Waals surface area contributed by atoms with Crippen LogP contribution in [-0.4, -0.2) is 19.7 Å². The Morgan fingerprint density at radius 3 is 2.67 bits per heavy atom. The van der Waals surface area contributed by atoms with Crippen molar-refractivity contribution in [3.05, 3.63) is 23.1 Å². The van der Waals surface area contributed by atoms with Gasteiger partial charge in [-0.25, -0.2) is 4.98 Å². The highest BCUT2D eigenvalue weighted by atomic mass is 32.2. The van der Waals surface area contributed by atoms with Crippen LogP contribution in [0.4, 0.5) is 0 Å². The van der Waals surface area contributed by atoms with Crippen LogP contribution in [0.15, 0.2) is 9.68 Å². The van der Waals surface area contributed by atoms with E-state index in [4.69, 9.17) is 4.52 Å². The second-order valence-electron chi connectivity index (χ2n) is 5.71. The molecule has 2 aromatic heterocycles. The summed E-state index contributed by atoms with van der Waals surface area (Å²) in [7, 11) is 0. The number of rotatable bonds is 7. The van der Waals surface area contributed by atoms with Crippen molar-refractivity contribution in [3.8, 4) is 0 Å². The number of nitrogens with zero attached hydrogens (tertiary/aromatic N) is 4. The summed E-state index contributed by atoms with van der Waals surface area (Å²) >= 11 is 1.66. The number of aromatic nitrogens is 4. The van der Waals surface area contributed by atoms with Gasteiger partial charge in [-0.3, -0.25) is 0 Å². The van der Waals surface area contributed by atoms with Gasteiger partial charge in [-0.05, 0) is 26.2 Å². The lowest BCUT2D eigenvalue weighted by molar-refractivity contribution is 0.384. The van der Waals surface area contributed by atoms with E-state index in [1.165, 1.54) is 5.69 Å². The van der Waals surface area contributed by atoms with Crippen molar-refractivity contribution in [1.29, 1.82) is 0 Å². The molecule has 0 N–H and O–H groups in total. The molecule has 0 bridgehead atoms. The van der Waals surface area contributed by atoms with E-state index >= 15 is 0 Å². The first-order chi connectivity index (χ1) is 10.0. The van der Waals surface area contributed by atoms with Crippen molar-refractivity contribution in [3.63, 3.8) is 0 Å². The number of hydrogen-bond acceptors (Lipinski definition) is 5. The number of imidazole rings is 1. The monoisotopic (exact) mass is 308 g/mol. The molecule has 0 aromatic carbocycles. The zero-order chi connectivity index (χ0) is 15.4. The molecule has 2 rings (SSSR count). The molecular weight excluding hydrogens is 284 g/mol. The topological polar surface area (TPSA) is 56.7 Å². The lowest BCUT2D eigenvalue weighted by Crippen LogP contribution is -2.07. The summed E-state index contributed by atoms with van der Waals surface area (Å²) in [6.07, 6.45) is 1.90. The second-order valence-corrected chi connectivity index (χ2v) is 6.66. The Morgan fingerprint density at radius 2 is 2.00 bits per heavy atom. The van der Waals surface area contributed by atoms with Crippen LogP contribution in [0.5, 0.6) is 0 Å². The zero-order valence-corrected chi connectivity index (χ0v) is 14.3. The van der Waals surface area contributed by atoms with Gasteiger partial charge >= 0.3 is 0 Å². The van der Waals surface area contributed by atoms with Gasteiger partial charge < -0.3 is 9.09 Å². The van der Waals surface area contributed by atoms with Crippen LogP contribution >= 0.6 is 11.8 Å². The Balaban J connectivity index is 2.06. The lowest BCUT2D eigenvalue weighted by atomic mass is 10.2. The van der Waals surface area contributed by atoms with Gasteiger partial charge in [0.25, 0.3) is 0 Å². The summed E-state index contributed by atoms with van der Waals surface area (Å²) in [5.74, 6) is 2.74. The number of hydrogen-bond donors (Lipinski definition) is 0. The maximum absolute atomic E-state index is 5.28. The third-order valence-corrected chi connectivity index (χ3v) is 4.24. The molecule has 21 heavy (non-hydrogen) atoms. The van der Waals surface area contributed by atoms with Gasteiger partial charge in [0.05, 0.1) is 11.4 Å². The molecule has 0 spiro atoms. The highest BCUT2D eigenvalue weighted by molar-refractivity contribution is 7.98. The Kier molecular flexibility index (Phi) is 5.45. The summed E-state index contributed by atoms with van der Waals surface area (Å²) in [6, 6.07) is 0. The van der Waals surface area contributed by atoms with Crippen LogP contribution in [0.25, 0.3) is 0 Å². The van der Waals surface area contributed by atoms with E-state index in [1.807, 2.05) is 0 Å². The Hall–Kier alpha value is -1.30. The molecule has 0 saturated heterocycles. The van der Waals surface area contributed by atoms with Crippen molar-refractivity contribution in [2.45, 2.75) is 64.9 Å². The summed E-state index contributed by atoms with van der Waals surface area (Å²) in [6.45, 7) is 11.7. The van der Waals surface area contributed by atoms with Crippen molar-refractivity contribution in [2.24, 2.45) is 5.92 Å². The smallest absolute Gasteiger partial charge is 0.237 e. The average molecular weight is 308 g/mol. The second kappa shape index (κ2) is 7.11. The molecule has 2 aromatic rings. The summed E-state index contributed by atoms with van der Waals surface area (Å²) in [5, 5.41) is 5.02. The maximum Gasteiger partial charge on any atom is 0.237 e. The van der Waals surface area contributed by atoms with Gasteiger partial charge in [-0.1, -0.05) is 37.7 Å². The van der Waals surface area contributed by atoms with Crippen LogP contribution in [0.2, 0.25) is 0 Å². The summed E-state index contributed by atoms with van der Waals surface area (Å²) < 4.78 is 7.56. The van der Waals surface area contributed by atoms with Gasteiger partial charge in [0.15, 0.2) is 11.0 Å². The van der Waals surface area contributed by atoms with Crippen molar-refractivity contribution in [2.75, 3.05) is 0 Å². The van der Waals surface area contributed by atoms with Gasteiger partial charge in [-0.15, -0.1) is 0 Å². The minimum absolute atomic E-state index is 0.594. The average Bonchev–Trinajstić information content (AvgIpc) is 2.97. The van der Waals surface area contributed by atoms with Gasteiger partial charge in [-0.2, -0.15) is 4.98 Å². The zero-order valence-electron chi connectivity index (χ0n) is 13.5. The fraction of sp³-hybridized carbons (Fsp3) is 0.667. The third kappa shape index (κ3) is 4.09. The van der Waals surface area contributed by atoms with E-state index < -0.39 is 0 Å². The first-order valence-electron chi connectivity index (χ1n) is 7.49. The fourth-order valence-corrected chi connectivity index (χ4v) is 3.05. The predicted octanol–water partition coefficient (Wildman–Crippen LogP) is 3.78. The molecule has 116 valence electrons. The first-order valence-corrected chi connectivity index (χ1v) is 8.47. The van der Waals surface area contributed by atoms with Crippen LogP contribution < -0.4 is 0 Å². The summed E-state index contributed by atoms with van der Waals surface area (Å²) in [5.41, 5.74) is 2.33. The Morgan fingerprint density at radius 1 is 1.24 bits per heavy atom. The molecule has 0 atom stereocenters. The Bertz CT molecular complexity index is 589. The van der Waals surface area contributed by atoms with Gasteiger partial charge in [0.1, 0.15) is 0 Å². The first kappa shape index (κ1) is 16.1. The van der Waals surface area contributed by atoms with Gasteiger partial charge in [0.2, 0.25) is 5.89 Å². The molecule has 0 amide bonds. The summed E-state index contributed by atoms with van der Waals surface area (Å²) in [4.78, 5) is 9.06. The van der Waals surface area contributed by atoms with E-state index in [1.54, 1.807) is 11.8 Å². The van der Waals surface area contributed by atoms with Crippen LogP contribution in [0, 0.1) is 19.8 Å². The predicted molar refractivity (Wildman–Crippen MR) is 84.4 cm³/mol. The standard InChI is InChI=1S/C15H24N4OS/c1-6-7-13-17-14(20-18-13)9-21-15-16-11(4)12(5)19(15)8-10(2)3/h10H,6-9H2,1-5H3. The quantitative estimate of drug-likeness (QED) is 0.728. The van der Waals surface area contributed by atoms with Crippen molar-refractivity contribution >= 4 is 11.8 Å². The van der Waals surface area contributed by atoms with E-state index in [0.717, 1.165) is 36.1 Å². The molecule has 0 aliphatic heterocycles. The number of thioether (sulfide) groups is 1. The van der Waals surface area contributed by atoms with E-state index in [2.05, 4.69) is 54.3 Å². The van der Waals surface area contributed by atoms with Crippen LogP contribution in [0.3, 0.4) is 0 Å². The normalized spacial score (nSPS) is 11.5. The maximum atomic E-state index is 5.28. The van der Waals surface area contributed by atoms with E-state index in [0.29, 0.717) is 17.6 Å². The molecule has 5 nitrogen and oxygen atoms in total. The molecule has 0 saturated carbocycles. The third-order valence-electron chi connectivity index (χ3n) is 3.28. The molecule has 0 radical (unpaired) electrons. The minimum atomic E-state index is 0.594. The molecule has 0 aliphatic rings.